The molecule has 1 amide bonds. The number of rotatable bonds is 5. The fraction of sp³-hybridized carbons (Fsp3) is 0.550. The number of aryl methyl sites for hydroxylation is 3. The van der Waals surface area contributed by atoms with E-state index in [9.17, 15) is 9.59 Å². The SMILES string of the molecule is Cc1cc(C2CCOCC2)oc(=O)c1C(=O)NCCc1nc2c(s1)CCC2. The Hall–Kier alpha value is -1.99. The number of carbonyl (C=O) groups excluding carboxylic acids is 1. The Morgan fingerprint density at radius 2 is 2.15 bits per heavy atom. The van der Waals surface area contributed by atoms with Gasteiger partial charge in [0, 0.05) is 37.0 Å². The van der Waals surface area contributed by atoms with Gasteiger partial charge in [-0.15, -0.1) is 11.3 Å². The van der Waals surface area contributed by atoms with Crippen LogP contribution in [0.1, 0.15) is 62.4 Å². The van der Waals surface area contributed by atoms with E-state index in [1.165, 1.54) is 17.0 Å². The van der Waals surface area contributed by atoms with E-state index < -0.39 is 5.63 Å². The van der Waals surface area contributed by atoms with Crippen LogP contribution >= 0.6 is 11.3 Å². The van der Waals surface area contributed by atoms with Crippen molar-refractivity contribution in [3.8, 4) is 0 Å². The van der Waals surface area contributed by atoms with Crippen molar-refractivity contribution in [2.45, 2.75) is 51.4 Å². The maximum Gasteiger partial charge on any atom is 0.349 e. The number of carbonyl (C=O) groups is 1. The van der Waals surface area contributed by atoms with Gasteiger partial charge in [-0.05, 0) is 50.7 Å². The molecule has 0 radical (unpaired) electrons. The number of thiazole rings is 1. The van der Waals surface area contributed by atoms with E-state index in [1.54, 1.807) is 18.3 Å². The molecule has 2 aromatic rings. The lowest BCUT2D eigenvalue weighted by Gasteiger charge is -2.21. The maximum absolute atomic E-state index is 12.5. The number of hydrogen-bond acceptors (Lipinski definition) is 6. The van der Waals surface area contributed by atoms with Gasteiger partial charge < -0.3 is 14.5 Å². The molecule has 3 heterocycles. The largest absolute Gasteiger partial charge is 0.427 e. The van der Waals surface area contributed by atoms with E-state index in [0.29, 0.717) is 37.5 Å². The minimum atomic E-state index is -0.554. The third kappa shape index (κ3) is 3.99. The Kier molecular flexibility index (Phi) is 5.41. The van der Waals surface area contributed by atoms with Gasteiger partial charge in [0.15, 0.2) is 0 Å². The third-order valence-corrected chi connectivity index (χ3v) is 6.50. The highest BCUT2D eigenvalue weighted by Crippen LogP contribution is 2.28. The fourth-order valence-electron chi connectivity index (χ4n) is 3.81. The molecule has 27 heavy (non-hydrogen) atoms. The molecule has 0 atom stereocenters. The van der Waals surface area contributed by atoms with E-state index >= 15 is 0 Å². The second-order valence-electron chi connectivity index (χ2n) is 7.22. The van der Waals surface area contributed by atoms with Crippen LogP contribution in [0, 0.1) is 6.92 Å². The molecule has 1 aliphatic heterocycles. The van der Waals surface area contributed by atoms with Gasteiger partial charge in [-0.3, -0.25) is 4.79 Å². The van der Waals surface area contributed by atoms with Gasteiger partial charge in [-0.1, -0.05) is 0 Å². The van der Waals surface area contributed by atoms with Crippen molar-refractivity contribution >= 4 is 17.2 Å². The quantitative estimate of drug-likeness (QED) is 0.852. The van der Waals surface area contributed by atoms with Crippen LogP contribution in [0.5, 0.6) is 0 Å². The van der Waals surface area contributed by atoms with Crippen LogP contribution in [0.25, 0.3) is 0 Å². The average molecular weight is 388 g/mol. The van der Waals surface area contributed by atoms with Crippen molar-refractivity contribution in [3.63, 3.8) is 0 Å². The molecule has 144 valence electrons. The Bertz CT molecular complexity index is 874. The van der Waals surface area contributed by atoms with Crippen LogP contribution in [0.2, 0.25) is 0 Å². The van der Waals surface area contributed by atoms with Crippen molar-refractivity contribution in [2.75, 3.05) is 19.8 Å². The first-order valence-electron chi connectivity index (χ1n) is 9.60. The highest BCUT2D eigenvalue weighted by atomic mass is 32.1. The number of aromatic nitrogens is 1. The molecule has 7 heteroatoms. The molecule has 1 N–H and O–H groups in total. The van der Waals surface area contributed by atoms with Crippen LogP contribution < -0.4 is 10.9 Å². The molecule has 4 rings (SSSR count). The highest BCUT2D eigenvalue weighted by Gasteiger charge is 2.23. The first-order chi connectivity index (χ1) is 13.1. The Labute approximate surface area is 162 Å². The van der Waals surface area contributed by atoms with Gasteiger partial charge >= 0.3 is 5.63 Å². The van der Waals surface area contributed by atoms with E-state index in [1.807, 2.05) is 6.07 Å². The molecule has 0 spiro atoms. The maximum atomic E-state index is 12.5. The number of hydrogen-bond donors (Lipinski definition) is 1. The van der Waals surface area contributed by atoms with Crippen molar-refractivity contribution < 1.29 is 13.9 Å². The molecule has 1 aliphatic carbocycles. The number of amides is 1. The van der Waals surface area contributed by atoms with Gasteiger partial charge in [0.05, 0.1) is 10.7 Å². The van der Waals surface area contributed by atoms with E-state index in [4.69, 9.17) is 9.15 Å². The van der Waals surface area contributed by atoms with Crippen LogP contribution in [0.15, 0.2) is 15.3 Å². The number of nitrogens with one attached hydrogen (secondary N) is 1. The van der Waals surface area contributed by atoms with Crippen molar-refractivity contribution in [1.82, 2.24) is 10.3 Å². The molecular weight excluding hydrogens is 364 g/mol. The predicted molar refractivity (Wildman–Crippen MR) is 103 cm³/mol. The molecule has 2 aromatic heterocycles. The summed E-state index contributed by atoms with van der Waals surface area (Å²) in [5, 5.41) is 3.89. The Balaban J connectivity index is 1.39. The first-order valence-corrected chi connectivity index (χ1v) is 10.4. The smallest absolute Gasteiger partial charge is 0.349 e. The third-order valence-electron chi connectivity index (χ3n) is 5.28. The molecule has 1 saturated heterocycles. The normalized spacial score (nSPS) is 17.1. The summed E-state index contributed by atoms with van der Waals surface area (Å²) in [6.45, 7) is 3.61. The molecule has 0 aromatic carbocycles. The van der Waals surface area contributed by atoms with Crippen LogP contribution in [0.4, 0.5) is 0 Å². The Morgan fingerprint density at radius 1 is 1.33 bits per heavy atom. The lowest BCUT2D eigenvalue weighted by molar-refractivity contribution is 0.0795. The standard InChI is InChI=1S/C20H24N2O4S/c1-12-11-15(13-6-9-25-10-7-13)26-20(24)18(12)19(23)21-8-5-17-22-14-3-2-4-16(14)27-17/h11,13H,2-10H2,1H3,(H,21,23). The summed E-state index contributed by atoms with van der Waals surface area (Å²) in [6, 6.07) is 1.83. The van der Waals surface area contributed by atoms with Gasteiger partial charge in [0.2, 0.25) is 0 Å². The summed E-state index contributed by atoms with van der Waals surface area (Å²) in [6.07, 6.45) is 5.76. The highest BCUT2D eigenvalue weighted by molar-refractivity contribution is 7.11. The summed E-state index contributed by atoms with van der Waals surface area (Å²) in [7, 11) is 0. The molecule has 0 saturated carbocycles. The number of fused-ring (bicyclic) bond motifs is 1. The minimum Gasteiger partial charge on any atom is -0.427 e. The van der Waals surface area contributed by atoms with E-state index in [2.05, 4.69) is 10.3 Å². The first kappa shape index (κ1) is 18.4. The zero-order chi connectivity index (χ0) is 18.8. The number of ether oxygens (including phenoxy) is 1. The molecule has 2 aliphatic rings. The van der Waals surface area contributed by atoms with E-state index in [-0.39, 0.29) is 17.4 Å². The summed E-state index contributed by atoms with van der Waals surface area (Å²) in [4.78, 5) is 30.9. The summed E-state index contributed by atoms with van der Waals surface area (Å²) in [5.74, 6) is 0.479. The van der Waals surface area contributed by atoms with Gasteiger partial charge in [0.25, 0.3) is 5.91 Å². The van der Waals surface area contributed by atoms with Crippen molar-refractivity contribution in [3.05, 3.63) is 49.0 Å². The summed E-state index contributed by atoms with van der Waals surface area (Å²) in [5.41, 5.74) is 1.44. The predicted octanol–water partition coefficient (Wildman–Crippen LogP) is 2.76. The minimum absolute atomic E-state index is 0.104. The molecular formula is C20H24N2O4S. The molecule has 0 bridgehead atoms. The summed E-state index contributed by atoms with van der Waals surface area (Å²) < 4.78 is 10.8. The lowest BCUT2D eigenvalue weighted by atomic mass is 9.95. The second kappa shape index (κ2) is 7.94. The zero-order valence-electron chi connectivity index (χ0n) is 15.5. The Morgan fingerprint density at radius 3 is 2.89 bits per heavy atom. The van der Waals surface area contributed by atoms with Gasteiger partial charge in [-0.25, -0.2) is 9.78 Å². The molecule has 1 fully saturated rings. The van der Waals surface area contributed by atoms with E-state index in [0.717, 1.165) is 30.7 Å². The topological polar surface area (TPSA) is 81.4 Å². The lowest BCUT2D eigenvalue weighted by Crippen LogP contribution is -2.31. The van der Waals surface area contributed by atoms with Crippen molar-refractivity contribution in [1.29, 1.82) is 0 Å². The monoisotopic (exact) mass is 388 g/mol. The zero-order valence-corrected chi connectivity index (χ0v) is 16.3. The van der Waals surface area contributed by atoms with Gasteiger partial charge in [-0.2, -0.15) is 0 Å². The van der Waals surface area contributed by atoms with Crippen molar-refractivity contribution in [2.24, 2.45) is 0 Å². The molecule has 6 nitrogen and oxygen atoms in total. The fourth-order valence-corrected chi connectivity index (χ4v) is 4.97. The average Bonchev–Trinajstić information content (AvgIpc) is 3.23. The van der Waals surface area contributed by atoms with Crippen LogP contribution in [-0.2, 0) is 24.0 Å². The number of nitrogens with zero attached hydrogens (tertiary/aromatic N) is 1. The molecule has 0 unspecified atom stereocenters. The van der Waals surface area contributed by atoms with Gasteiger partial charge in [0.1, 0.15) is 11.3 Å². The summed E-state index contributed by atoms with van der Waals surface area (Å²) >= 11 is 1.74. The van der Waals surface area contributed by atoms with Crippen LogP contribution in [0.3, 0.4) is 0 Å². The second-order valence-corrected chi connectivity index (χ2v) is 8.39. The van der Waals surface area contributed by atoms with Crippen LogP contribution in [-0.4, -0.2) is 30.6 Å².